The molecular weight excluding hydrogens is 316 g/mol. The fraction of sp³-hybridized carbons (Fsp3) is 1.00. The summed E-state index contributed by atoms with van der Waals surface area (Å²) in [5, 5.41) is 0.897. The van der Waals surface area contributed by atoms with Gasteiger partial charge in [-0.2, -0.15) is 17.0 Å². The Morgan fingerprint density at radius 1 is 1.17 bits per heavy atom. The van der Waals surface area contributed by atoms with E-state index in [9.17, 15) is 8.42 Å². The predicted octanol–water partition coefficient (Wildman–Crippen LogP) is 2.21. The zero-order valence-corrected chi connectivity index (χ0v) is 13.4. The lowest BCUT2D eigenvalue weighted by atomic mass is 10.0. The Kier molecular flexibility index (Phi) is 5.08. The molecule has 2 atom stereocenters. The van der Waals surface area contributed by atoms with Crippen LogP contribution in [0.5, 0.6) is 0 Å². The lowest BCUT2D eigenvalue weighted by molar-refractivity contribution is 0.220. The van der Waals surface area contributed by atoms with Gasteiger partial charge in [0, 0.05) is 31.0 Å². The van der Waals surface area contributed by atoms with Crippen molar-refractivity contribution < 1.29 is 8.42 Å². The lowest BCUT2D eigenvalue weighted by Gasteiger charge is -2.39. The van der Waals surface area contributed by atoms with Crippen LogP contribution in [-0.4, -0.2) is 48.0 Å². The fourth-order valence-electron chi connectivity index (χ4n) is 2.93. The van der Waals surface area contributed by atoms with E-state index in [1.807, 2.05) is 6.92 Å². The van der Waals surface area contributed by atoms with Crippen molar-refractivity contribution in [3.63, 3.8) is 0 Å². The van der Waals surface area contributed by atoms with Gasteiger partial charge in [0.05, 0.1) is 0 Å². The maximum Gasteiger partial charge on any atom is 0.282 e. The van der Waals surface area contributed by atoms with Crippen molar-refractivity contribution in [1.29, 1.82) is 0 Å². The Bertz CT molecular complexity index is 374. The first kappa shape index (κ1) is 14.8. The van der Waals surface area contributed by atoms with E-state index in [2.05, 4.69) is 15.9 Å². The molecule has 0 amide bonds. The molecule has 0 aromatic rings. The zero-order valence-electron chi connectivity index (χ0n) is 11.0. The van der Waals surface area contributed by atoms with Gasteiger partial charge in [0.15, 0.2) is 0 Å². The van der Waals surface area contributed by atoms with Gasteiger partial charge < -0.3 is 0 Å². The maximum absolute atomic E-state index is 12.6. The van der Waals surface area contributed by atoms with E-state index in [0.29, 0.717) is 25.6 Å². The van der Waals surface area contributed by atoms with E-state index in [4.69, 9.17) is 0 Å². The molecule has 0 aromatic heterocycles. The molecule has 0 aliphatic carbocycles. The molecule has 2 aliphatic heterocycles. The third kappa shape index (κ3) is 3.08. The van der Waals surface area contributed by atoms with Crippen molar-refractivity contribution in [2.45, 2.75) is 45.1 Å². The summed E-state index contributed by atoms with van der Waals surface area (Å²) < 4.78 is 28.7. The van der Waals surface area contributed by atoms with Crippen molar-refractivity contribution in [3.8, 4) is 0 Å². The molecule has 2 saturated heterocycles. The van der Waals surface area contributed by atoms with Crippen molar-refractivity contribution in [2.24, 2.45) is 5.92 Å². The lowest BCUT2D eigenvalue weighted by Crippen LogP contribution is -2.52. The Labute approximate surface area is 119 Å². The third-order valence-corrected chi connectivity index (χ3v) is 7.10. The number of halogens is 1. The number of hydrogen-bond acceptors (Lipinski definition) is 2. The van der Waals surface area contributed by atoms with Crippen LogP contribution in [0.15, 0.2) is 0 Å². The summed E-state index contributed by atoms with van der Waals surface area (Å²) in [5.74, 6) is 0.466. The minimum absolute atomic E-state index is 0.160. The number of hydrogen-bond donors (Lipinski definition) is 0. The van der Waals surface area contributed by atoms with Crippen LogP contribution in [0.3, 0.4) is 0 Å². The Balaban J connectivity index is 2.09. The Hall–Kier alpha value is 0.350. The molecule has 0 aromatic carbocycles. The summed E-state index contributed by atoms with van der Waals surface area (Å²) in [6, 6.07) is 0.160. The molecule has 2 unspecified atom stereocenters. The molecule has 2 aliphatic rings. The number of nitrogens with zero attached hydrogens (tertiary/aromatic N) is 2. The molecule has 6 heteroatoms. The van der Waals surface area contributed by atoms with Crippen LogP contribution in [0.4, 0.5) is 0 Å². The van der Waals surface area contributed by atoms with Crippen LogP contribution >= 0.6 is 15.9 Å². The highest BCUT2D eigenvalue weighted by Gasteiger charge is 2.36. The first-order valence-electron chi connectivity index (χ1n) is 6.88. The average molecular weight is 339 g/mol. The molecule has 106 valence electrons. The van der Waals surface area contributed by atoms with Gasteiger partial charge in [0.25, 0.3) is 10.2 Å². The van der Waals surface area contributed by atoms with Crippen LogP contribution in [0.25, 0.3) is 0 Å². The quantitative estimate of drug-likeness (QED) is 0.740. The second-order valence-corrected chi connectivity index (χ2v) is 8.01. The van der Waals surface area contributed by atoms with E-state index < -0.39 is 10.2 Å². The smallest absolute Gasteiger partial charge is 0.195 e. The van der Waals surface area contributed by atoms with Gasteiger partial charge in [-0.3, -0.25) is 0 Å². The number of rotatable bonds is 3. The van der Waals surface area contributed by atoms with Crippen molar-refractivity contribution >= 4 is 26.1 Å². The van der Waals surface area contributed by atoms with Gasteiger partial charge in [-0.1, -0.05) is 22.4 Å². The highest BCUT2D eigenvalue weighted by atomic mass is 79.9. The van der Waals surface area contributed by atoms with Gasteiger partial charge in [0.1, 0.15) is 0 Å². The van der Waals surface area contributed by atoms with Crippen molar-refractivity contribution in [1.82, 2.24) is 8.61 Å². The van der Waals surface area contributed by atoms with Gasteiger partial charge in [-0.15, -0.1) is 0 Å². The SMILES string of the molecule is CC1CCCCN1S(=O)(=O)N1CCCC(CBr)C1. The first-order chi connectivity index (χ1) is 8.55. The second kappa shape index (κ2) is 6.20. The normalized spacial score (nSPS) is 32.6. The van der Waals surface area contributed by atoms with Crippen molar-refractivity contribution in [3.05, 3.63) is 0 Å². The highest BCUT2D eigenvalue weighted by Crippen LogP contribution is 2.26. The van der Waals surface area contributed by atoms with E-state index in [1.54, 1.807) is 8.61 Å². The van der Waals surface area contributed by atoms with Crippen LogP contribution in [0.1, 0.15) is 39.0 Å². The minimum Gasteiger partial charge on any atom is -0.195 e. The molecule has 0 bridgehead atoms. The van der Waals surface area contributed by atoms with Gasteiger partial charge in [0.2, 0.25) is 0 Å². The summed E-state index contributed by atoms with van der Waals surface area (Å²) in [7, 11) is -3.23. The van der Waals surface area contributed by atoms with Crippen molar-refractivity contribution in [2.75, 3.05) is 25.0 Å². The minimum atomic E-state index is -3.23. The second-order valence-electron chi connectivity index (χ2n) is 5.48. The predicted molar refractivity (Wildman–Crippen MR) is 77.0 cm³/mol. The molecular formula is C12H23BrN2O2S. The average Bonchev–Trinajstić information content (AvgIpc) is 2.39. The first-order valence-corrected chi connectivity index (χ1v) is 9.40. The molecule has 0 radical (unpaired) electrons. The molecule has 2 fully saturated rings. The summed E-state index contributed by atoms with van der Waals surface area (Å²) in [5.41, 5.74) is 0. The summed E-state index contributed by atoms with van der Waals surface area (Å²) in [6.07, 6.45) is 5.26. The molecule has 18 heavy (non-hydrogen) atoms. The van der Waals surface area contributed by atoms with E-state index >= 15 is 0 Å². The summed E-state index contributed by atoms with van der Waals surface area (Å²) in [6.45, 7) is 4.09. The maximum atomic E-state index is 12.6. The third-order valence-electron chi connectivity index (χ3n) is 4.06. The molecule has 0 spiro atoms. The summed E-state index contributed by atoms with van der Waals surface area (Å²) in [4.78, 5) is 0. The topological polar surface area (TPSA) is 40.6 Å². The van der Waals surface area contributed by atoms with E-state index in [-0.39, 0.29) is 6.04 Å². The highest BCUT2D eigenvalue weighted by molar-refractivity contribution is 9.09. The summed E-state index contributed by atoms with van der Waals surface area (Å²) >= 11 is 3.48. The van der Waals surface area contributed by atoms with Gasteiger partial charge >= 0.3 is 0 Å². The fourth-order valence-corrected chi connectivity index (χ4v) is 5.43. The van der Waals surface area contributed by atoms with Crippen LogP contribution in [0, 0.1) is 5.92 Å². The van der Waals surface area contributed by atoms with Gasteiger partial charge in [-0.25, -0.2) is 0 Å². The Morgan fingerprint density at radius 3 is 2.61 bits per heavy atom. The molecule has 4 nitrogen and oxygen atoms in total. The van der Waals surface area contributed by atoms with Crippen LogP contribution in [0.2, 0.25) is 0 Å². The molecule has 2 heterocycles. The van der Waals surface area contributed by atoms with Gasteiger partial charge in [-0.05, 0) is 38.5 Å². The standard InChI is InChI=1S/C12H23BrN2O2S/c1-11-5-2-3-8-15(11)18(16,17)14-7-4-6-12(9-13)10-14/h11-12H,2-10H2,1H3. The zero-order chi connectivity index (χ0) is 13.2. The molecule has 2 rings (SSSR count). The number of piperidine rings is 2. The molecule has 0 saturated carbocycles. The van der Waals surface area contributed by atoms with Crippen LogP contribution in [-0.2, 0) is 10.2 Å². The van der Waals surface area contributed by atoms with Crippen LogP contribution < -0.4 is 0 Å². The Morgan fingerprint density at radius 2 is 1.94 bits per heavy atom. The van der Waals surface area contributed by atoms with E-state index in [0.717, 1.165) is 37.4 Å². The monoisotopic (exact) mass is 338 g/mol. The largest absolute Gasteiger partial charge is 0.282 e. The van der Waals surface area contributed by atoms with E-state index in [1.165, 1.54) is 0 Å². The molecule has 0 N–H and O–H groups in total. The number of alkyl halides is 1.